The number of hydrogen-bond donors (Lipinski definition) is 2. The zero-order valence-corrected chi connectivity index (χ0v) is 17.6. The number of nitrogens with zero attached hydrogens (tertiary/aromatic N) is 4. The average Bonchev–Trinajstić information content (AvgIpc) is 2.91. The van der Waals surface area contributed by atoms with Gasteiger partial charge >= 0.3 is 0 Å². The number of anilines is 2. The number of aliphatic hydroxyl groups is 1. The molecule has 2 heterocycles. The maximum absolute atomic E-state index is 9.99. The SMILES string of the molecule is CN(Cc1ccccc1)c1ncnc2c1[C@@H](Cc1ccccc1)N(C)[C@H](CO)CN2. The van der Waals surface area contributed by atoms with Crippen molar-refractivity contribution < 1.29 is 5.11 Å². The molecule has 0 amide bonds. The summed E-state index contributed by atoms with van der Waals surface area (Å²) in [6.45, 7) is 1.49. The van der Waals surface area contributed by atoms with Gasteiger partial charge in [-0.2, -0.15) is 0 Å². The highest BCUT2D eigenvalue weighted by molar-refractivity contribution is 5.61. The fourth-order valence-corrected chi connectivity index (χ4v) is 4.16. The van der Waals surface area contributed by atoms with Crippen LogP contribution in [-0.2, 0) is 13.0 Å². The Morgan fingerprint density at radius 1 is 1.03 bits per heavy atom. The summed E-state index contributed by atoms with van der Waals surface area (Å²) >= 11 is 0. The Bertz CT molecular complexity index is 950. The van der Waals surface area contributed by atoms with Crippen molar-refractivity contribution in [1.29, 1.82) is 0 Å². The lowest BCUT2D eigenvalue weighted by Crippen LogP contribution is -2.41. The van der Waals surface area contributed by atoms with E-state index in [4.69, 9.17) is 4.98 Å². The van der Waals surface area contributed by atoms with Gasteiger partial charge in [0.05, 0.1) is 18.2 Å². The zero-order valence-electron chi connectivity index (χ0n) is 17.6. The topological polar surface area (TPSA) is 64.5 Å². The van der Waals surface area contributed by atoms with Crippen molar-refractivity contribution in [3.63, 3.8) is 0 Å². The highest BCUT2D eigenvalue weighted by Gasteiger charge is 2.33. The second kappa shape index (κ2) is 9.24. The van der Waals surface area contributed by atoms with Crippen LogP contribution in [0.2, 0.25) is 0 Å². The molecule has 2 aromatic carbocycles. The number of nitrogens with one attached hydrogen (secondary N) is 1. The van der Waals surface area contributed by atoms with Crippen LogP contribution in [-0.4, -0.2) is 53.3 Å². The molecule has 1 aromatic heterocycles. The van der Waals surface area contributed by atoms with E-state index in [0.29, 0.717) is 6.54 Å². The van der Waals surface area contributed by atoms with Crippen LogP contribution in [0.4, 0.5) is 11.6 Å². The number of hydrogen-bond acceptors (Lipinski definition) is 6. The van der Waals surface area contributed by atoms with Gasteiger partial charge in [-0.15, -0.1) is 0 Å². The number of likely N-dealkylation sites (N-methyl/N-ethyl adjacent to an activating group) is 1. The lowest BCUT2D eigenvalue weighted by Gasteiger charge is -2.33. The predicted octanol–water partition coefficient (Wildman–Crippen LogP) is 3.12. The minimum atomic E-state index is 0.000178. The number of aliphatic hydroxyl groups excluding tert-OH is 1. The number of benzene rings is 2. The van der Waals surface area contributed by atoms with E-state index in [0.717, 1.165) is 30.2 Å². The summed E-state index contributed by atoms with van der Waals surface area (Å²) in [7, 11) is 4.16. The summed E-state index contributed by atoms with van der Waals surface area (Å²) in [5, 5.41) is 13.4. The fraction of sp³-hybridized carbons (Fsp3) is 0.333. The third-order valence-electron chi connectivity index (χ3n) is 5.88. The number of rotatable bonds is 6. The maximum atomic E-state index is 9.99. The van der Waals surface area contributed by atoms with Crippen molar-refractivity contribution in [3.05, 3.63) is 83.7 Å². The van der Waals surface area contributed by atoms with E-state index in [-0.39, 0.29) is 18.7 Å². The molecule has 156 valence electrons. The van der Waals surface area contributed by atoms with Crippen molar-refractivity contribution in [1.82, 2.24) is 14.9 Å². The molecule has 0 fully saturated rings. The molecule has 0 unspecified atom stereocenters. The van der Waals surface area contributed by atoms with E-state index in [1.165, 1.54) is 11.1 Å². The molecule has 3 aromatic rings. The summed E-state index contributed by atoms with van der Waals surface area (Å²) in [5.74, 6) is 1.77. The standard InChI is InChI=1S/C24H29N5O/c1-28(15-19-11-7-4-8-12-19)24-22-21(13-18-9-5-3-6-10-18)29(2)20(16-30)14-25-23(22)26-17-27-24/h3-12,17,20-21,30H,13-16H2,1-2H3,(H,25,26,27)/t20-,21+/m0/s1. The van der Waals surface area contributed by atoms with Crippen molar-refractivity contribution in [2.24, 2.45) is 0 Å². The van der Waals surface area contributed by atoms with Crippen molar-refractivity contribution in [2.45, 2.75) is 25.0 Å². The highest BCUT2D eigenvalue weighted by Crippen LogP contribution is 2.38. The molecule has 0 bridgehead atoms. The summed E-state index contributed by atoms with van der Waals surface area (Å²) < 4.78 is 0. The van der Waals surface area contributed by atoms with Crippen LogP contribution in [0.1, 0.15) is 22.7 Å². The van der Waals surface area contributed by atoms with Crippen LogP contribution in [0.25, 0.3) is 0 Å². The molecule has 30 heavy (non-hydrogen) atoms. The van der Waals surface area contributed by atoms with Gasteiger partial charge in [0, 0.05) is 26.2 Å². The first-order chi connectivity index (χ1) is 14.7. The molecule has 2 N–H and O–H groups in total. The molecule has 6 heteroatoms. The summed E-state index contributed by atoms with van der Waals surface area (Å²) in [5.41, 5.74) is 3.56. The summed E-state index contributed by atoms with van der Waals surface area (Å²) in [6.07, 6.45) is 2.45. The van der Waals surface area contributed by atoms with Crippen LogP contribution in [0.15, 0.2) is 67.0 Å². The van der Waals surface area contributed by atoms with E-state index in [1.54, 1.807) is 6.33 Å². The largest absolute Gasteiger partial charge is 0.395 e. The van der Waals surface area contributed by atoms with Crippen molar-refractivity contribution in [2.75, 3.05) is 37.5 Å². The molecule has 0 spiro atoms. The normalized spacial score (nSPS) is 18.9. The Morgan fingerprint density at radius 3 is 2.37 bits per heavy atom. The second-order valence-electron chi connectivity index (χ2n) is 7.89. The Hall–Kier alpha value is -2.96. The van der Waals surface area contributed by atoms with Gasteiger partial charge in [0.2, 0.25) is 0 Å². The minimum Gasteiger partial charge on any atom is -0.395 e. The molecule has 0 saturated heterocycles. The first-order valence-electron chi connectivity index (χ1n) is 10.4. The lowest BCUT2D eigenvalue weighted by molar-refractivity contribution is 0.119. The van der Waals surface area contributed by atoms with E-state index in [1.807, 2.05) is 12.1 Å². The molecule has 0 saturated carbocycles. The van der Waals surface area contributed by atoms with Gasteiger partial charge in [0.25, 0.3) is 0 Å². The molecule has 1 aliphatic rings. The smallest absolute Gasteiger partial charge is 0.138 e. The zero-order chi connectivity index (χ0) is 20.9. The molecule has 4 rings (SSSR count). The maximum Gasteiger partial charge on any atom is 0.138 e. The van der Waals surface area contributed by atoms with Gasteiger partial charge in [0.1, 0.15) is 18.0 Å². The first-order valence-corrected chi connectivity index (χ1v) is 10.4. The molecular formula is C24H29N5O. The van der Waals surface area contributed by atoms with E-state index < -0.39 is 0 Å². The van der Waals surface area contributed by atoms with Crippen LogP contribution in [0, 0.1) is 0 Å². The monoisotopic (exact) mass is 403 g/mol. The Balaban J connectivity index is 1.74. The van der Waals surface area contributed by atoms with Gasteiger partial charge in [0.15, 0.2) is 0 Å². The van der Waals surface area contributed by atoms with Crippen LogP contribution in [0.5, 0.6) is 0 Å². The predicted molar refractivity (Wildman–Crippen MR) is 121 cm³/mol. The van der Waals surface area contributed by atoms with Gasteiger partial charge in [-0.1, -0.05) is 60.7 Å². The number of aromatic nitrogens is 2. The first kappa shape index (κ1) is 20.3. The Kier molecular flexibility index (Phi) is 6.26. The van der Waals surface area contributed by atoms with Gasteiger partial charge in [-0.3, -0.25) is 4.90 Å². The summed E-state index contributed by atoms with van der Waals surface area (Å²) in [6, 6.07) is 20.9. The van der Waals surface area contributed by atoms with Crippen molar-refractivity contribution in [3.8, 4) is 0 Å². The van der Waals surface area contributed by atoms with Crippen LogP contribution in [0.3, 0.4) is 0 Å². The second-order valence-corrected chi connectivity index (χ2v) is 7.89. The molecule has 1 aliphatic heterocycles. The average molecular weight is 404 g/mol. The fourth-order valence-electron chi connectivity index (χ4n) is 4.16. The molecule has 0 aliphatic carbocycles. The highest BCUT2D eigenvalue weighted by atomic mass is 16.3. The quantitative estimate of drug-likeness (QED) is 0.659. The van der Waals surface area contributed by atoms with E-state index >= 15 is 0 Å². The molecular weight excluding hydrogens is 374 g/mol. The molecule has 0 radical (unpaired) electrons. The Labute approximate surface area is 178 Å². The van der Waals surface area contributed by atoms with Gasteiger partial charge in [-0.05, 0) is 24.6 Å². The molecule has 6 nitrogen and oxygen atoms in total. The van der Waals surface area contributed by atoms with Crippen molar-refractivity contribution >= 4 is 11.6 Å². The number of fused-ring (bicyclic) bond motifs is 1. The summed E-state index contributed by atoms with van der Waals surface area (Å²) in [4.78, 5) is 13.7. The van der Waals surface area contributed by atoms with Crippen LogP contribution >= 0.6 is 0 Å². The van der Waals surface area contributed by atoms with E-state index in [2.05, 4.69) is 82.7 Å². The van der Waals surface area contributed by atoms with Gasteiger partial charge in [-0.25, -0.2) is 9.97 Å². The third kappa shape index (κ3) is 4.30. The van der Waals surface area contributed by atoms with Gasteiger partial charge < -0.3 is 15.3 Å². The Morgan fingerprint density at radius 2 is 1.70 bits per heavy atom. The minimum absolute atomic E-state index is 0.000178. The third-order valence-corrected chi connectivity index (χ3v) is 5.88. The van der Waals surface area contributed by atoms with Crippen LogP contribution < -0.4 is 10.2 Å². The lowest BCUT2D eigenvalue weighted by atomic mass is 9.97. The van der Waals surface area contributed by atoms with E-state index in [9.17, 15) is 5.11 Å². The molecule has 2 atom stereocenters.